The highest BCUT2D eigenvalue weighted by molar-refractivity contribution is 5.69. The summed E-state index contributed by atoms with van der Waals surface area (Å²) in [4.78, 5) is 0. The summed E-state index contributed by atoms with van der Waals surface area (Å²) in [5.41, 5.74) is 10.8. The summed E-state index contributed by atoms with van der Waals surface area (Å²) < 4.78 is 5.34. The van der Waals surface area contributed by atoms with Crippen LogP contribution < -0.4 is 15.8 Å². The van der Waals surface area contributed by atoms with Crippen LogP contribution in [0.25, 0.3) is 0 Å². The van der Waals surface area contributed by atoms with E-state index in [-0.39, 0.29) is 0 Å². The zero-order valence-corrected chi connectivity index (χ0v) is 10.9. The molecule has 0 amide bonds. The molecule has 0 unspecified atom stereocenters. The second-order valence-corrected chi connectivity index (χ2v) is 4.40. The lowest BCUT2D eigenvalue weighted by Gasteiger charge is -2.13. The third-order valence-corrected chi connectivity index (χ3v) is 2.90. The highest BCUT2D eigenvalue weighted by Gasteiger charge is 2.04. The Balaban J connectivity index is 2.33. The summed E-state index contributed by atoms with van der Waals surface area (Å²) >= 11 is 0. The van der Waals surface area contributed by atoms with Gasteiger partial charge >= 0.3 is 0 Å². The van der Waals surface area contributed by atoms with Crippen LogP contribution in [-0.4, -0.2) is 7.11 Å². The molecule has 0 fully saturated rings. The van der Waals surface area contributed by atoms with Gasteiger partial charge in [0.05, 0.1) is 12.8 Å². The van der Waals surface area contributed by atoms with E-state index in [4.69, 9.17) is 10.5 Å². The van der Waals surface area contributed by atoms with Gasteiger partial charge in [0, 0.05) is 11.4 Å². The van der Waals surface area contributed by atoms with Gasteiger partial charge in [-0.3, -0.25) is 0 Å². The third-order valence-electron chi connectivity index (χ3n) is 2.90. The first-order valence-electron chi connectivity index (χ1n) is 5.88. The lowest BCUT2D eigenvalue weighted by molar-refractivity contribution is 0.416. The molecule has 0 heterocycles. The molecule has 0 saturated carbocycles. The maximum absolute atomic E-state index is 5.81. The number of nitrogens with one attached hydrogen (secondary N) is 1. The molecule has 2 aromatic rings. The molecule has 2 rings (SSSR count). The molecule has 3 heteroatoms. The molecule has 0 spiro atoms. The number of rotatable bonds is 3. The second-order valence-electron chi connectivity index (χ2n) is 4.40. The number of anilines is 3. The molecule has 0 aliphatic carbocycles. The molecule has 3 N–H and O–H groups in total. The second kappa shape index (κ2) is 5.00. The Morgan fingerprint density at radius 3 is 2.50 bits per heavy atom. The fraction of sp³-hybridized carbons (Fsp3) is 0.200. The van der Waals surface area contributed by atoms with E-state index in [9.17, 15) is 0 Å². The minimum Gasteiger partial charge on any atom is -0.495 e. The number of benzene rings is 2. The van der Waals surface area contributed by atoms with Gasteiger partial charge in [-0.1, -0.05) is 6.07 Å². The van der Waals surface area contributed by atoms with E-state index >= 15 is 0 Å². The monoisotopic (exact) mass is 242 g/mol. The number of methoxy groups -OCH3 is 1. The summed E-state index contributed by atoms with van der Waals surface area (Å²) in [6.07, 6.45) is 0. The fourth-order valence-corrected chi connectivity index (χ4v) is 1.83. The van der Waals surface area contributed by atoms with Crippen molar-refractivity contribution in [1.29, 1.82) is 0 Å². The molecule has 94 valence electrons. The first-order valence-corrected chi connectivity index (χ1v) is 5.88. The summed E-state index contributed by atoms with van der Waals surface area (Å²) in [5.74, 6) is 0.829. The van der Waals surface area contributed by atoms with Gasteiger partial charge in [0.15, 0.2) is 0 Å². The molecule has 0 aromatic heterocycles. The minimum absolute atomic E-state index is 0.803. The van der Waals surface area contributed by atoms with Crippen LogP contribution in [0.2, 0.25) is 0 Å². The van der Waals surface area contributed by atoms with E-state index in [2.05, 4.69) is 18.3 Å². The number of nitrogen functional groups attached to an aromatic ring is 1. The van der Waals surface area contributed by atoms with Crippen molar-refractivity contribution in [2.45, 2.75) is 13.8 Å². The van der Waals surface area contributed by atoms with Crippen molar-refractivity contribution >= 4 is 17.1 Å². The van der Waals surface area contributed by atoms with Crippen molar-refractivity contribution in [3.63, 3.8) is 0 Å². The van der Waals surface area contributed by atoms with E-state index in [1.54, 1.807) is 7.11 Å². The minimum atomic E-state index is 0.803. The molecule has 2 aromatic carbocycles. The standard InChI is InChI=1S/C15H18N2O/c1-10-4-7-15(18-3)14(8-10)17-12-5-6-13(16)11(2)9-12/h4-9,17H,16H2,1-3H3. The zero-order valence-electron chi connectivity index (χ0n) is 10.9. The highest BCUT2D eigenvalue weighted by Crippen LogP contribution is 2.29. The van der Waals surface area contributed by atoms with Crippen LogP contribution in [0.15, 0.2) is 36.4 Å². The summed E-state index contributed by atoms with van der Waals surface area (Å²) in [6.45, 7) is 4.05. The van der Waals surface area contributed by atoms with Gasteiger partial charge in [0.1, 0.15) is 5.75 Å². The topological polar surface area (TPSA) is 47.3 Å². The Morgan fingerprint density at radius 1 is 1.06 bits per heavy atom. The molecule has 0 atom stereocenters. The average molecular weight is 242 g/mol. The first-order chi connectivity index (χ1) is 8.60. The summed E-state index contributed by atoms with van der Waals surface area (Å²) in [7, 11) is 1.67. The third kappa shape index (κ3) is 2.56. The molecule has 18 heavy (non-hydrogen) atoms. The lowest BCUT2D eigenvalue weighted by atomic mass is 10.1. The molecule has 0 bridgehead atoms. The Kier molecular flexibility index (Phi) is 3.42. The number of hydrogen-bond donors (Lipinski definition) is 2. The van der Waals surface area contributed by atoms with Crippen molar-refractivity contribution < 1.29 is 4.74 Å². The predicted molar refractivity (Wildman–Crippen MR) is 76.6 cm³/mol. The lowest BCUT2D eigenvalue weighted by Crippen LogP contribution is -1.97. The summed E-state index contributed by atoms with van der Waals surface area (Å²) in [6, 6.07) is 11.9. The van der Waals surface area contributed by atoms with Crippen molar-refractivity contribution in [2.24, 2.45) is 0 Å². The zero-order chi connectivity index (χ0) is 13.1. The maximum Gasteiger partial charge on any atom is 0.142 e. The van der Waals surface area contributed by atoms with Crippen LogP contribution in [0.1, 0.15) is 11.1 Å². The summed E-state index contributed by atoms with van der Waals surface area (Å²) in [5, 5.41) is 3.35. The number of ether oxygens (including phenoxy) is 1. The van der Waals surface area contributed by atoms with Crippen LogP contribution >= 0.6 is 0 Å². The van der Waals surface area contributed by atoms with Gasteiger partial charge in [-0.2, -0.15) is 0 Å². The average Bonchev–Trinajstić information content (AvgIpc) is 2.34. The van der Waals surface area contributed by atoms with Crippen LogP contribution in [0, 0.1) is 13.8 Å². The van der Waals surface area contributed by atoms with Crippen molar-refractivity contribution in [2.75, 3.05) is 18.2 Å². The Labute approximate surface area is 108 Å². The molecule has 0 aliphatic heterocycles. The van der Waals surface area contributed by atoms with Gasteiger partial charge in [-0.25, -0.2) is 0 Å². The largest absolute Gasteiger partial charge is 0.495 e. The smallest absolute Gasteiger partial charge is 0.142 e. The van der Waals surface area contributed by atoms with Gasteiger partial charge < -0.3 is 15.8 Å². The SMILES string of the molecule is COc1ccc(C)cc1Nc1ccc(N)c(C)c1. The first kappa shape index (κ1) is 12.3. The molecule has 0 saturated heterocycles. The fourth-order valence-electron chi connectivity index (χ4n) is 1.83. The Morgan fingerprint density at radius 2 is 1.83 bits per heavy atom. The van der Waals surface area contributed by atoms with E-state index in [1.807, 2.05) is 37.3 Å². The molecular formula is C15H18N2O. The Bertz CT molecular complexity index is 564. The van der Waals surface area contributed by atoms with Gasteiger partial charge in [-0.15, -0.1) is 0 Å². The molecule has 0 radical (unpaired) electrons. The highest BCUT2D eigenvalue weighted by atomic mass is 16.5. The van der Waals surface area contributed by atoms with E-state index < -0.39 is 0 Å². The normalized spacial score (nSPS) is 10.2. The number of hydrogen-bond acceptors (Lipinski definition) is 3. The van der Waals surface area contributed by atoms with Crippen LogP contribution in [0.3, 0.4) is 0 Å². The Hall–Kier alpha value is -2.16. The molecular weight excluding hydrogens is 224 g/mol. The van der Waals surface area contributed by atoms with E-state index in [1.165, 1.54) is 5.56 Å². The van der Waals surface area contributed by atoms with Crippen molar-refractivity contribution in [1.82, 2.24) is 0 Å². The molecule has 3 nitrogen and oxygen atoms in total. The quantitative estimate of drug-likeness (QED) is 0.808. The van der Waals surface area contributed by atoms with Gasteiger partial charge in [0.2, 0.25) is 0 Å². The number of nitrogens with two attached hydrogens (primary N) is 1. The van der Waals surface area contributed by atoms with E-state index in [0.29, 0.717) is 0 Å². The maximum atomic E-state index is 5.81. The van der Waals surface area contributed by atoms with E-state index in [0.717, 1.165) is 28.4 Å². The van der Waals surface area contributed by atoms with Crippen LogP contribution in [0.5, 0.6) is 5.75 Å². The van der Waals surface area contributed by atoms with Crippen LogP contribution in [0.4, 0.5) is 17.1 Å². The number of aryl methyl sites for hydroxylation is 2. The van der Waals surface area contributed by atoms with Gasteiger partial charge in [-0.05, 0) is 55.3 Å². The van der Waals surface area contributed by atoms with Crippen LogP contribution in [-0.2, 0) is 0 Å². The van der Waals surface area contributed by atoms with Crippen molar-refractivity contribution in [3.8, 4) is 5.75 Å². The predicted octanol–water partition coefficient (Wildman–Crippen LogP) is 3.64. The van der Waals surface area contributed by atoms with Gasteiger partial charge in [0.25, 0.3) is 0 Å². The molecule has 0 aliphatic rings. The van der Waals surface area contributed by atoms with Crippen molar-refractivity contribution in [3.05, 3.63) is 47.5 Å².